The van der Waals surface area contributed by atoms with Gasteiger partial charge >= 0.3 is 0 Å². The minimum Gasteiger partial charge on any atom is -0.497 e. The van der Waals surface area contributed by atoms with Crippen LogP contribution in [0.15, 0.2) is 24.3 Å². The highest BCUT2D eigenvalue weighted by molar-refractivity contribution is 5.76. The first-order chi connectivity index (χ1) is 9.28. The number of carbonyl (C=O) groups excluding carboxylic acids is 1. The number of nitrogens with one attached hydrogen (secondary N) is 1. The van der Waals surface area contributed by atoms with Crippen molar-refractivity contribution in [3.05, 3.63) is 29.8 Å². The van der Waals surface area contributed by atoms with Crippen LogP contribution in [-0.4, -0.2) is 32.3 Å². The molecule has 1 saturated heterocycles. The Morgan fingerprint density at radius 3 is 3.16 bits per heavy atom. The first-order valence-electron chi connectivity index (χ1n) is 6.79. The van der Waals surface area contributed by atoms with Crippen molar-refractivity contribution in [1.29, 1.82) is 0 Å². The summed E-state index contributed by atoms with van der Waals surface area (Å²) in [5.41, 5.74) is 1.16. The molecule has 1 fully saturated rings. The topological polar surface area (TPSA) is 47.6 Å². The smallest absolute Gasteiger partial charge is 0.222 e. The summed E-state index contributed by atoms with van der Waals surface area (Å²) in [5, 5.41) is 2.94. The van der Waals surface area contributed by atoms with Crippen LogP contribution in [0.1, 0.15) is 24.8 Å². The Bertz CT molecular complexity index is 414. The number of hydrogen-bond acceptors (Lipinski definition) is 3. The molecule has 0 radical (unpaired) electrons. The van der Waals surface area contributed by atoms with Gasteiger partial charge in [-0.1, -0.05) is 12.1 Å². The van der Waals surface area contributed by atoms with Crippen LogP contribution < -0.4 is 10.1 Å². The van der Waals surface area contributed by atoms with Crippen LogP contribution in [-0.2, 0) is 16.0 Å². The molecule has 1 aliphatic heterocycles. The zero-order valence-electron chi connectivity index (χ0n) is 11.4. The number of benzene rings is 1. The molecule has 4 nitrogen and oxygen atoms in total. The van der Waals surface area contributed by atoms with E-state index in [1.165, 1.54) is 0 Å². The van der Waals surface area contributed by atoms with E-state index in [0.717, 1.165) is 37.2 Å². The molecule has 19 heavy (non-hydrogen) atoms. The lowest BCUT2D eigenvalue weighted by molar-refractivity contribution is -0.123. The Kier molecular flexibility index (Phi) is 5.21. The van der Waals surface area contributed by atoms with Crippen LogP contribution >= 0.6 is 0 Å². The summed E-state index contributed by atoms with van der Waals surface area (Å²) in [5.74, 6) is 0.929. The highest BCUT2D eigenvalue weighted by Crippen LogP contribution is 2.15. The number of rotatable bonds is 6. The van der Waals surface area contributed by atoms with Gasteiger partial charge in [-0.25, -0.2) is 0 Å². The van der Waals surface area contributed by atoms with E-state index in [-0.39, 0.29) is 12.0 Å². The summed E-state index contributed by atoms with van der Waals surface area (Å²) in [6.45, 7) is 1.44. The lowest BCUT2D eigenvalue weighted by Gasteiger charge is -2.10. The number of ether oxygens (including phenoxy) is 2. The van der Waals surface area contributed by atoms with Crippen molar-refractivity contribution in [1.82, 2.24) is 5.32 Å². The fraction of sp³-hybridized carbons (Fsp3) is 0.533. The molecule has 0 spiro atoms. The molecule has 1 unspecified atom stereocenters. The van der Waals surface area contributed by atoms with Crippen molar-refractivity contribution in [2.24, 2.45) is 0 Å². The van der Waals surface area contributed by atoms with Gasteiger partial charge in [-0.05, 0) is 37.0 Å². The van der Waals surface area contributed by atoms with Crippen molar-refractivity contribution >= 4 is 5.91 Å². The summed E-state index contributed by atoms with van der Waals surface area (Å²) in [7, 11) is 1.66. The second-order valence-electron chi connectivity index (χ2n) is 4.79. The van der Waals surface area contributed by atoms with Crippen molar-refractivity contribution in [2.45, 2.75) is 31.8 Å². The minimum atomic E-state index is 0.0785. The first kappa shape index (κ1) is 13.9. The van der Waals surface area contributed by atoms with Gasteiger partial charge < -0.3 is 14.8 Å². The van der Waals surface area contributed by atoms with Gasteiger partial charge in [-0.15, -0.1) is 0 Å². The predicted octanol–water partition coefficient (Wildman–Crippen LogP) is 1.92. The lowest BCUT2D eigenvalue weighted by atomic mass is 10.1. The van der Waals surface area contributed by atoms with E-state index in [4.69, 9.17) is 9.47 Å². The van der Waals surface area contributed by atoms with Gasteiger partial charge in [0.25, 0.3) is 0 Å². The third kappa shape index (κ3) is 4.56. The van der Waals surface area contributed by atoms with E-state index in [0.29, 0.717) is 13.0 Å². The average Bonchev–Trinajstić information content (AvgIpc) is 2.92. The number of methoxy groups -OCH3 is 1. The van der Waals surface area contributed by atoms with Gasteiger partial charge in [0.05, 0.1) is 19.6 Å². The maximum atomic E-state index is 11.7. The summed E-state index contributed by atoms with van der Waals surface area (Å²) < 4.78 is 10.6. The molecule has 0 aliphatic carbocycles. The zero-order valence-corrected chi connectivity index (χ0v) is 11.4. The average molecular weight is 263 g/mol. The zero-order chi connectivity index (χ0) is 13.5. The van der Waals surface area contributed by atoms with E-state index in [1.54, 1.807) is 7.11 Å². The van der Waals surface area contributed by atoms with Crippen molar-refractivity contribution in [3.8, 4) is 5.75 Å². The molecular weight excluding hydrogens is 242 g/mol. The van der Waals surface area contributed by atoms with Crippen LogP contribution in [0.4, 0.5) is 0 Å². The highest BCUT2D eigenvalue weighted by Gasteiger charge is 2.18. The third-order valence-electron chi connectivity index (χ3n) is 3.31. The quantitative estimate of drug-likeness (QED) is 0.853. The number of amides is 1. The summed E-state index contributed by atoms with van der Waals surface area (Å²) in [6, 6.07) is 7.91. The van der Waals surface area contributed by atoms with E-state index < -0.39 is 0 Å². The van der Waals surface area contributed by atoms with Gasteiger partial charge in [-0.3, -0.25) is 4.79 Å². The normalized spacial score (nSPS) is 18.3. The number of hydrogen-bond donors (Lipinski definition) is 1. The molecule has 1 heterocycles. The molecule has 104 valence electrons. The maximum Gasteiger partial charge on any atom is 0.222 e. The molecule has 1 N–H and O–H groups in total. The number of carbonyl (C=O) groups is 1. The Morgan fingerprint density at radius 1 is 1.53 bits per heavy atom. The van der Waals surface area contributed by atoms with Gasteiger partial charge in [0.1, 0.15) is 5.75 Å². The largest absolute Gasteiger partial charge is 0.497 e. The van der Waals surface area contributed by atoms with Crippen molar-refractivity contribution in [3.63, 3.8) is 0 Å². The van der Waals surface area contributed by atoms with Gasteiger partial charge in [-0.2, -0.15) is 0 Å². The maximum absolute atomic E-state index is 11.7. The molecule has 4 heteroatoms. The van der Waals surface area contributed by atoms with Gasteiger partial charge in [0.15, 0.2) is 0 Å². The molecule has 0 aromatic heterocycles. The fourth-order valence-corrected chi connectivity index (χ4v) is 2.26. The predicted molar refractivity (Wildman–Crippen MR) is 73.3 cm³/mol. The minimum absolute atomic E-state index is 0.0785. The van der Waals surface area contributed by atoms with Crippen LogP contribution in [0.3, 0.4) is 0 Å². The van der Waals surface area contributed by atoms with Crippen LogP contribution in [0, 0.1) is 0 Å². The molecule has 1 aliphatic rings. The van der Waals surface area contributed by atoms with E-state index in [9.17, 15) is 4.79 Å². The Labute approximate surface area is 114 Å². The summed E-state index contributed by atoms with van der Waals surface area (Å²) >= 11 is 0. The van der Waals surface area contributed by atoms with Crippen LogP contribution in [0.2, 0.25) is 0 Å². The SMILES string of the molecule is COc1cccc(CCNC(=O)CC2CCCO2)c1. The summed E-state index contributed by atoms with van der Waals surface area (Å²) in [6.07, 6.45) is 3.49. The molecule has 1 atom stereocenters. The standard InChI is InChI=1S/C15H21NO3/c1-18-13-5-2-4-12(10-13)7-8-16-15(17)11-14-6-3-9-19-14/h2,4-5,10,14H,3,6-9,11H2,1H3,(H,16,17). The molecule has 2 rings (SSSR count). The van der Waals surface area contributed by atoms with E-state index >= 15 is 0 Å². The molecule has 0 saturated carbocycles. The molecular formula is C15H21NO3. The second-order valence-corrected chi connectivity index (χ2v) is 4.79. The highest BCUT2D eigenvalue weighted by atomic mass is 16.5. The van der Waals surface area contributed by atoms with E-state index in [1.807, 2.05) is 24.3 Å². The van der Waals surface area contributed by atoms with Gasteiger partial charge in [0.2, 0.25) is 5.91 Å². The molecule has 1 amide bonds. The Hall–Kier alpha value is -1.55. The molecule has 1 aromatic carbocycles. The summed E-state index contributed by atoms with van der Waals surface area (Å²) in [4.78, 5) is 11.7. The van der Waals surface area contributed by atoms with Crippen LogP contribution in [0.5, 0.6) is 5.75 Å². The van der Waals surface area contributed by atoms with E-state index in [2.05, 4.69) is 5.32 Å². The third-order valence-corrected chi connectivity index (χ3v) is 3.31. The molecule has 1 aromatic rings. The van der Waals surface area contributed by atoms with Gasteiger partial charge in [0, 0.05) is 13.2 Å². The monoisotopic (exact) mass is 263 g/mol. The Balaban J connectivity index is 1.68. The van der Waals surface area contributed by atoms with Crippen molar-refractivity contribution < 1.29 is 14.3 Å². The second kappa shape index (κ2) is 7.14. The fourth-order valence-electron chi connectivity index (χ4n) is 2.26. The van der Waals surface area contributed by atoms with Crippen molar-refractivity contribution in [2.75, 3.05) is 20.3 Å². The Morgan fingerprint density at radius 2 is 2.42 bits per heavy atom. The molecule has 0 bridgehead atoms. The lowest BCUT2D eigenvalue weighted by Crippen LogP contribution is -2.28. The van der Waals surface area contributed by atoms with Crippen LogP contribution in [0.25, 0.3) is 0 Å². The first-order valence-corrected chi connectivity index (χ1v) is 6.79.